The maximum atomic E-state index is 10.6. The molecular weight excluding hydrogens is 242 g/mol. The number of furan rings is 1. The van der Waals surface area contributed by atoms with Gasteiger partial charge in [-0.15, -0.1) is 0 Å². The van der Waals surface area contributed by atoms with Gasteiger partial charge in [-0.3, -0.25) is 0 Å². The molecule has 0 spiro atoms. The van der Waals surface area contributed by atoms with E-state index in [1.165, 1.54) is 24.0 Å². The lowest BCUT2D eigenvalue weighted by Crippen LogP contribution is -1.94. The molecule has 2 aromatic rings. The summed E-state index contributed by atoms with van der Waals surface area (Å²) in [5, 5.41) is 9.28. The number of carboxylic acids is 1. The molecule has 3 N–H and O–H groups in total. The Labute approximate surface area is 101 Å². The van der Waals surface area contributed by atoms with Gasteiger partial charge >= 0.3 is 5.97 Å². The number of nitrogen functional groups attached to an aromatic ring is 1. The highest BCUT2D eigenvalue weighted by atomic mass is 32.2. The molecule has 0 amide bonds. The summed E-state index contributed by atoms with van der Waals surface area (Å²) < 4.78 is 5.10. The minimum absolute atomic E-state index is 0.0762. The lowest BCUT2D eigenvalue weighted by Gasteiger charge is -2.00. The van der Waals surface area contributed by atoms with Crippen molar-refractivity contribution in [1.82, 2.24) is 9.97 Å². The summed E-state index contributed by atoms with van der Waals surface area (Å²) in [4.78, 5) is 18.5. The van der Waals surface area contributed by atoms with Gasteiger partial charge in [-0.05, 0) is 12.1 Å². The van der Waals surface area contributed by atoms with Gasteiger partial charge in [0.25, 0.3) is 0 Å². The molecule has 0 aliphatic carbocycles. The van der Waals surface area contributed by atoms with Crippen LogP contribution in [0.4, 0.5) is 5.82 Å². The van der Waals surface area contributed by atoms with Crippen LogP contribution in [-0.2, 0) is 5.75 Å². The lowest BCUT2D eigenvalue weighted by atomic mass is 10.4. The maximum Gasteiger partial charge on any atom is 0.371 e. The van der Waals surface area contributed by atoms with Crippen LogP contribution in [0.5, 0.6) is 0 Å². The van der Waals surface area contributed by atoms with Gasteiger partial charge in [-0.1, -0.05) is 11.8 Å². The highest BCUT2D eigenvalue weighted by Gasteiger charge is 2.10. The van der Waals surface area contributed by atoms with E-state index in [1.54, 1.807) is 12.3 Å². The molecular formula is C10H9N3O3S. The summed E-state index contributed by atoms with van der Waals surface area (Å²) >= 11 is 1.34. The molecule has 17 heavy (non-hydrogen) atoms. The zero-order valence-electron chi connectivity index (χ0n) is 8.66. The molecule has 2 rings (SSSR count). The summed E-state index contributed by atoms with van der Waals surface area (Å²) in [6, 6.07) is 3.03. The highest BCUT2D eigenvalue weighted by molar-refractivity contribution is 7.98. The van der Waals surface area contributed by atoms with Crippen LogP contribution in [0.2, 0.25) is 0 Å². The molecule has 0 aromatic carbocycles. The van der Waals surface area contributed by atoms with Crippen LogP contribution in [-0.4, -0.2) is 21.0 Å². The minimum Gasteiger partial charge on any atom is -0.475 e. The predicted molar refractivity (Wildman–Crippen MR) is 61.7 cm³/mol. The Morgan fingerprint density at radius 1 is 1.41 bits per heavy atom. The Bertz CT molecular complexity index is 541. The maximum absolute atomic E-state index is 10.6. The van der Waals surface area contributed by atoms with E-state index < -0.39 is 5.97 Å². The Hall–Kier alpha value is -2.02. The summed E-state index contributed by atoms with van der Waals surface area (Å²) in [6.45, 7) is 0. The molecule has 0 aliphatic heterocycles. The number of aromatic carboxylic acids is 1. The smallest absolute Gasteiger partial charge is 0.371 e. The molecule has 6 nitrogen and oxygen atoms in total. The molecule has 2 heterocycles. The normalized spacial score (nSPS) is 10.4. The molecule has 0 fully saturated rings. The number of nitrogens with two attached hydrogens (primary N) is 1. The van der Waals surface area contributed by atoms with Crippen LogP contribution < -0.4 is 5.73 Å². The highest BCUT2D eigenvalue weighted by Crippen LogP contribution is 2.24. The number of nitrogens with zero attached hydrogens (tertiary/aromatic N) is 2. The van der Waals surface area contributed by atoms with Crippen molar-refractivity contribution in [2.75, 3.05) is 5.73 Å². The number of hydrogen-bond acceptors (Lipinski definition) is 6. The summed E-state index contributed by atoms with van der Waals surface area (Å²) in [5.41, 5.74) is 5.62. The van der Waals surface area contributed by atoms with Crippen molar-refractivity contribution in [3.05, 3.63) is 36.0 Å². The standard InChI is InChI=1S/C10H9N3O3S/c11-8-9(13-4-3-12-8)17-5-6-1-2-7(16-6)10(14)15/h1-4H,5H2,(H2,11,12)(H,14,15). The molecule has 0 aliphatic rings. The molecule has 0 radical (unpaired) electrons. The second-order valence-electron chi connectivity index (χ2n) is 3.11. The molecule has 0 unspecified atom stereocenters. The largest absolute Gasteiger partial charge is 0.475 e. The third kappa shape index (κ3) is 2.76. The zero-order valence-corrected chi connectivity index (χ0v) is 9.48. The summed E-state index contributed by atoms with van der Waals surface area (Å²) in [7, 11) is 0. The van der Waals surface area contributed by atoms with Gasteiger partial charge in [-0.2, -0.15) is 0 Å². The van der Waals surface area contributed by atoms with Crippen LogP contribution >= 0.6 is 11.8 Å². The number of aromatic nitrogens is 2. The average molecular weight is 251 g/mol. The first-order valence-electron chi connectivity index (χ1n) is 4.68. The van der Waals surface area contributed by atoms with Gasteiger partial charge in [0.05, 0.1) is 5.75 Å². The van der Waals surface area contributed by atoms with E-state index in [-0.39, 0.29) is 5.76 Å². The van der Waals surface area contributed by atoms with Crippen molar-refractivity contribution >= 4 is 23.5 Å². The van der Waals surface area contributed by atoms with Crippen molar-refractivity contribution in [2.45, 2.75) is 10.8 Å². The first-order chi connectivity index (χ1) is 8.16. The lowest BCUT2D eigenvalue weighted by molar-refractivity contribution is 0.0661. The topological polar surface area (TPSA) is 102 Å². The minimum atomic E-state index is -1.08. The number of hydrogen-bond donors (Lipinski definition) is 2. The van der Waals surface area contributed by atoms with E-state index in [1.807, 2.05) is 0 Å². The zero-order chi connectivity index (χ0) is 12.3. The quantitative estimate of drug-likeness (QED) is 0.796. The van der Waals surface area contributed by atoms with Crippen LogP contribution in [0.1, 0.15) is 16.3 Å². The second-order valence-corrected chi connectivity index (χ2v) is 4.07. The van der Waals surface area contributed by atoms with E-state index in [0.717, 1.165) is 0 Å². The van der Waals surface area contributed by atoms with Crippen molar-refractivity contribution in [2.24, 2.45) is 0 Å². The van der Waals surface area contributed by atoms with Crippen LogP contribution in [0.3, 0.4) is 0 Å². The Kier molecular flexibility index (Phi) is 3.29. The van der Waals surface area contributed by atoms with Gasteiger partial charge in [-0.25, -0.2) is 14.8 Å². The van der Waals surface area contributed by atoms with Crippen LogP contribution in [0, 0.1) is 0 Å². The van der Waals surface area contributed by atoms with Crippen LogP contribution in [0.15, 0.2) is 34.0 Å². The Balaban J connectivity index is 2.02. The van der Waals surface area contributed by atoms with E-state index in [4.69, 9.17) is 15.3 Å². The number of carbonyl (C=O) groups is 1. The van der Waals surface area contributed by atoms with E-state index in [2.05, 4.69) is 9.97 Å². The Morgan fingerprint density at radius 3 is 2.82 bits per heavy atom. The fourth-order valence-corrected chi connectivity index (χ4v) is 1.93. The van der Waals surface area contributed by atoms with E-state index in [0.29, 0.717) is 22.4 Å². The first-order valence-corrected chi connectivity index (χ1v) is 5.66. The van der Waals surface area contributed by atoms with Gasteiger partial charge in [0, 0.05) is 12.4 Å². The van der Waals surface area contributed by atoms with Gasteiger partial charge in [0.2, 0.25) is 5.76 Å². The number of anilines is 1. The van der Waals surface area contributed by atoms with E-state index >= 15 is 0 Å². The number of carboxylic acid groups (broad SMARTS) is 1. The average Bonchev–Trinajstić information content (AvgIpc) is 2.77. The van der Waals surface area contributed by atoms with Crippen molar-refractivity contribution < 1.29 is 14.3 Å². The third-order valence-electron chi connectivity index (χ3n) is 1.91. The van der Waals surface area contributed by atoms with Gasteiger partial charge in [0.15, 0.2) is 5.82 Å². The SMILES string of the molecule is Nc1nccnc1SCc1ccc(C(=O)O)o1. The molecule has 0 saturated carbocycles. The van der Waals surface area contributed by atoms with Gasteiger partial charge in [0.1, 0.15) is 10.8 Å². The fourth-order valence-electron chi connectivity index (χ4n) is 1.16. The van der Waals surface area contributed by atoms with E-state index in [9.17, 15) is 4.79 Å². The molecule has 7 heteroatoms. The monoisotopic (exact) mass is 251 g/mol. The molecule has 0 atom stereocenters. The second kappa shape index (κ2) is 4.88. The van der Waals surface area contributed by atoms with Crippen molar-refractivity contribution in [3.8, 4) is 0 Å². The number of thioether (sulfide) groups is 1. The van der Waals surface area contributed by atoms with Crippen molar-refractivity contribution in [3.63, 3.8) is 0 Å². The first kappa shape index (κ1) is 11.5. The molecule has 2 aromatic heterocycles. The Morgan fingerprint density at radius 2 is 2.18 bits per heavy atom. The fraction of sp³-hybridized carbons (Fsp3) is 0.100. The number of rotatable bonds is 4. The summed E-state index contributed by atoms with van der Waals surface area (Å²) in [6.07, 6.45) is 3.05. The molecule has 88 valence electrons. The predicted octanol–water partition coefficient (Wildman–Crippen LogP) is 1.64. The summed E-state index contributed by atoms with van der Waals surface area (Å²) in [5.74, 6) is 0.198. The molecule has 0 saturated heterocycles. The van der Waals surface area contributed by atoms with Crippen molar-refractivity contribution in [1.29, 1.82) is 0 Å². The van der Waals surface area contributed by atoms with Gasteiger partial charge < -0.3 is 15.3 Å². The van der Waals surface area contributed by atoms with Crippen LogP contribution in [0.25, 0.3) is 0 Å². The third-order valence-corrected chi connectivity index (χ3v) is 2.93. The molecule has 0 bridgehead atoms.